The van der Waals surface area contributed by atoms with Crippen molar-refractivity contribution in [2.45, 2.75) is 6.54 Å². The van der Waals surface area contributed by atoms with E-state index in [1.807, 2.05) is 44.0 Å². The summed E-state index contributed by atoms with van der Waals surface area (Å²) in [5.74, 6) is 1.24. The Hall–Kier alpha value is -2.99. The number of halogens is 1. The smallest absolute Gasteiger partial charge is 0.153 e. The highest BCUT2D eigenvalue weighted by atomic mass is 19.1. The maximum Gasteiger partial charge on any atom is 0.153 e. The fraction of sp³-hybridized carbons (Fsp3) is 0.200. The summed E-state index contributed by atoms with van der Waals surface area (Å²) in [4.78, 5) is 17.6. The van der Waals surface area contributed by atoms with E-state index in [1.54, 1.807) is 12.1 Å². The predicted octanol–water partition coefficient (Wildman–Crippen LogP) is 3.89. The van der Waals surface area contributed by atoms with E-state index in [2.05, 4.69) is 9.88 Å². The minimum absolute atomic E-state index is 0.196. The number of hydrogen-bond acceptors (Lipinski definition) is 4. The van der Waals surface area contributed by atoms with E-state index in [4.69, 9.17) is 4.74 Å². The molecule has 0 bridgehead atoms. The molecule has 0 unspecified atom stereocenters. The number of aldehydes is 1. The van der Waals surface area contributed by atoms with Crippen LogP contribution in [0.2, 0.25) is 0 Å². The Morgan fingerprint density at radius 1 is 1.19 bits per heavy atom. The van der Waals surface area contributed by atoms with Gasteiger partial charge in [0.1, 0.15) is 23.1 Å². The fourth-order valence-corrected chi connectivity index (χ4v) is 2.66. The largest absolute Gasteiger partial charge is 0.457 e. The Bertz CT molecular complexity index is 917. The molecule has 0 saturated heterocycles. The van der Waals surface area contributed by atoms with Crippen molar-refractivity contribution in [2.75, 3.05) is 14.1 Å². The summed E-state index contributed by atoms with van der Waals surface area (Å²) in [6.45, 7) is 0.756. The van der Waals surface area contributed by atoms with Crippen molar-refractivity contribution in [1.29, 1.82) is 0 Å². The van der Waals surface area contributed by atoms with Crippen molar-refractivity contribution in [1.82, 2.24) is 14.5 Å². The van der Waals surface area contributed by atoms with Gasteiger partial charge >= 0.3 is 0 Å². The number of ether oxygens (including phenoxy) is 1. The monoisotopic (exact) mass is 353 g/mol. The first-order valence-electron chi connectivity index (χ1n) is 8.16. The number of carbonyl (C=O) groups excluding carboxylic acids is 1. The van der Waals surface area contributed by atoms with Gasteiger partial charge in [-0.25, -0.2) is 9.37 Å². The molecule has 134 valence electrons. The zero-order valence-corrected chi connectivity index (χ0v) is 14.9. The molecule has 0 atom stereocenters. The first-order valence-corrected chi connectivity index (χ1v) is 8.16. The van der Waals surface area contributed by atoms with Gasteiger partial charge in [0.15, 0.2) is 6.29 Å². The minimum atomic E-state index is -0.453. The van der Waals surface area contributed by atoms with E-state index in [1.165, 1.54) is 18.2 Å². The molecule has 6 heteroatoms. The van der Waals surface area contributed by atoms with Crippen molar-refractivity contribution in [3.05, 3.63) is 65.9 Å². The Balaban J connectivity index is 1.82. The summed E-state index contributed by atoms with van der Waals surface area (Å²) in [7, 11) is 5.98. The summed E-state index contributed by atoms with van der Waals surface area (Å²) in [5, 5.41) is 0. The van der Waals surface area contributed by atoms with E-state index < -0.39 is 5.82 Å². The van der Waals surface area contributed by atoms with Crippen molar-refractivity contribution < 1.29 is 13.9 Å². The average molecular weight is 353 g/mol. The molecule has 3 rings (SSSR count). The van der Waals surface area contributed by atoms with Gasteiger partial charge in [-0.15, -0.1) is 0 Å². The molecule has 0 spiro atoms. The molecule has 0 aliphatic heterocycles. The number of carbonyl (C=O) groups is 1. The molecule has 0 aliphatic rings. The van der Waals surface area contributed by atoms with Crippen LogP contribution in [0, 0.1) is 5.82 Å². The Kier molecular flexibility index (Phi) is 5.14. The van der Waals surface area contributed by atoms with Gasteiger partial charge in [0.25, 0.3) is 0 Å². The molecule has 5 nitrogen and oxygen atoms in total. The number of rotatable bonds is 6. The van der Waals surface area contributed by atoms with Crippen LogP contribution in [0.15, 0.2) is 48.7 Å². The van der Waals surface area contributed by atoms with Crippen LogP contribution >= 0.6 is 0 Å². The molecule has 2 aromatic carbocycles. The van der Waals surface area contributed by atoms with Crippen LogP contribution in [0.25, 0.3) is 11.3 Å². The summed E-state index contributed by atoms with van der Waals surface area (Å²) < 4.78 is 21.1. The van der Waals surface area contributed by atoms with Crippen LogP contribution in [0.1, 0.15) is 16.2 Å². The van der Waals surface area contributed by atoms with Crippen LogP contribution in [0.3, 0.4) is 0 Å². The third-order valence-corrected chi connectivity index (χ3v) is 4.02. The quantitative estimate of drug-likeness (QED) is 0.631. The second kappa shape index (κ2) is 7.49. The summed E-state index contributed by atoms with van der Waals surface area (Å²) in [6.07, 6.45) is 2.48. The van der Waals surface area contributed by atoms with Crippen LogP contribution in [0.4, 0.5) is 4.39 Å². The number of imidazole rings is 1. The van der Waals surface area contributed by atoms with Crippen molar-refractivity contribution in [2.24, 2.45) is 7.05 Å². The molecule has 0 amide bonds. The van der Waals surface area contributed by atoms with Crippen molar-refractivity contribution >= 4 is 6.29 Å². The van der Waals surface area contributed by atoms with Gasteiger partial charge in [0, 0.05) is 18.7 Å². The molecule has 1 heterocycles. The van der Waals surface area contributed by atoms with Crippen LogP contribution in [-0.2, 0) is 13.6 Å². The van der Waals surface area contributed by atoms with Gasteiger partial charge in [-0.2, -0.15) is 0 Å². The number of nitrogens with zero attached hydrogens (tertiary/aromatic N) is 3. The SMILES string of the molecule is CN(C)Cc1ncc(-c2ccc(Oc3cc(F)ccc3C=O)cc2)n1C. The molecular weight excluding hydrogens is 333 g/mol. The highest BCUT2D eigenvalue weighted by Crippen LogP contribution is 2.28. The lowest BCUT2D eigenvalue weighted by Gasteiger charge is -2.11. The highest BCUT2D eigenvalue weighted by Gasteiger charge is 2.10. The predicted molar refractivity (Wildman–Crippen MR) is 97.9 cm³/mol. The van der Waals surface area contributed by atoms with E-state index in [0.29, 0.717) is 17.6 Å². The molecule has 0 N–H and O–H groups in total. The second-order valence-electron chi connectivity index (χ2n) is 6.28. The topological polar surface area (TPSA) is 47.4 Å². The third-order valence-electron chi connectivity index (χ3n) is 4.02. The minimum Gasteiger partial charge on any atom is -0.457 e. The molecule has 0 saturated carbocycles. The molecule has 0 fully saturated rings. The summed E-state index contributed by atoms with van der Waals surface area (Å²) >= 11 is 0. The first-order chi connectivity index (χ1) is 12.5. The molecule has 26 heavy (non-hydrogen) atoms. The van der Waals surface area contributed by atoms with Gasteiger partial charge in [-0.05, 0) is 50.5 Å². The Morgan fingerprint density at radius 2 is 1.92 bits per heavy atom. The lowest BCUT2D eigenvalue weighted by atomic mass is 10.1. The van der Waals surface area contributed by atoms with Crippen molar-refractivity contribution in [3.8, 4) is 22.8 Å². The average Bonchev–Trinajstić information content (AvgIpc) is 2.96. The van der Waals surface area contributed by atoms with E-state index in [9.17, 15) is 9.18 Å². The number of hydrogen-bond donors (Lipinski definition) is 0. The van der Waals surface area contributed by atoms with Gasteiger partial charge in [0.2, 0.25) is 0 Å². The van der Waals surface area contributed by atoms with E-state index in [0.717, 1.165) is 23.6 Å². The maximum absolute atomic E-state index is 13.4. The first kappa shape index (κ1) is 17.8. The summed E-state index contributed by atoms with van der Waals surface area (Å²) in [6, 6.07) is 11.2. The van der Waals surface area contributed by atoms with Gasteiger partial charge in [0.05, 0.1) is 24.0 Å². The second-order valence-corrected chi connectivity index (χ2v) is 6.28. The number of benzene rings is 2. The van der Waals surface area contributed by atoms with E-state index >= 15 is 0 Å². The molecule has 3 aromatic rings. The molecule has 0 aliphatic carbocycles. The van der Waals surface area contributed by atoms with E-state index in [-0.39, 0.29) is 5.75 Å². The zero-order chi connectivity index (χ0) is 18.7. The van der Waals surface area contributed by atoms with Gasteiger partial charge in [-0.3, -0.25) is 4.79 Å². The Morgan fingerprint density at radius 3 is 2.58 bits per heavy atom. The number of aromatic nitrogens is 2. The maximum atomic E-state index is 13.4. The normalized spacial score (nSPS) is 11.0. The Labute approximate surface area is 151 Å². The molecule has 1 aromatic heterocycles. The lowest BCUT2D eigenvalue weighted by Crippen LogP contribution is -2.14. The van der Waals surface area contributed by atoms with Crippen LogP contribution < -0.4 is 4.74 Å². The zero-order valence-electron chi connectivity index (χ0n) is 14.9. The van der Waals surface area contributed by atoms with Gasteiger partial charge < -0.3 is 14.2 Å². The highest BCUT2D eigenvalue weighted by molar-refractivity contribution is 5.79. The van der Waals surface area contributed by atoms with Crippen molar-refractivity contribution in [3.63, 3.8) is 0 Å². The molecule has 0 radical (unpaired) electrons. The standard InChI is InChI=1S/C20H20FN3O2/c1-23(2)12-20-22-11-18(24(20)3)14-5-8-17(9-6-14)26-19-10-16(21)7-4-15(19)13-25/h4-11,13H,12H2,1-3H3. The third kappa shape index (κ3) is 3.81. The lowest BCUT2D eigenvalue weighted by molar-refractivity contribution is 0.112. The van der Waals surface area contributed by atoms with Crippen LogP contribution in [0.5, 0.6) is 11.5 Å². The van der Waals surface area contributed by atoms with Crippen LogP contribution in [-0.4, -0.2) is 34.8 Å². The van der Waals surface area contributed by atoms with Gasteiger partial charge in [-0.1, -0.05) is 0 Å². The fourth-order valence-electron chi connectivity index (χ4n) is 2.66. The molecular formula is C20H20FN3O2. The summed E-state index contributed by atoms with van der Waals surface area (Å²) in [5.41, 5.74) is 2.29.